The second kappa shape index (κ2) is 7.17. The molecule has 1 aliphatic heterocycles. The van der Waals surface area contributed by atoms with Crippen LogP contribution in [0.5, 0.6) is 5.75 Å². The number of carbonyl (C=O) groups excluding carboxylic acids is 1. The number of halogens is 1. The second-order valence-electron chi connectivity index (χ2n) is 5.53. The summed E-state index contributed by atoms with van der Waals surface area (Å²) < 4.78 is 18.8. The van der Waals surface area contributed by atoms with Gasteiger partial charge in [-0.15, -0.1) is 0 Å². The third-order valence-electron chi connectivity index (χ3n) is 3.96. The van der Waals surface area contributed by atoms with Crippen molar-refractivity contribution in [1.29, 1.82) is 0 Å². The van der Waals surface area contributed by atoms with Crippen LogP contribution in [0.25, 0.3) is 0 Å². The maximum absolute atomic E-state index is 13.5. The SMILES string of the molecule is O=C(COc1ccccc1F)N1CCC[C@@H](c2cnccn2)C1. The third-order valence-corrected chi connectivity index (χ3v) is 3.96. The van der Waals surface area contributed by atoms with E-state index >= 15 is 0 Å². The first-order chi connectivity index (χ1) is 11.2. The number of para-hydroxylation sites is 1. The lowest BCUT2D eigenvalue weighted by molar-refractivity contribution is -0.134. The third kappa shape index (κ3) is 3.83. The average molecular weight is 315 g/mol. The summed E-state index contributed by atoms with van der Waals surface area (Å²) in [6.07, 6.45) is 6.94. The topological polar surface area (TPSA) is 55.3 Å². The van der Waals surface area contributed by atoms with Crippen molar-refractivity contribution in [2.45, 2.75) is 18.8 Å². The molecule has 1 aromatic heterocycles. The van der Waals surface area contributed by atoms with Gasteiger partial charge in [0.2, 0.25) is 0 Å². The highest BCUT2D eigenvalue weighted by Gasteiger charge is 2.26. The van der Waals surface area contributed by atoms with Crippen LogP contribution in [0.15, 0.2) is 42.9 Å². The lowest BCUT2D eigenvalue weighted by atomic mass is 9.95. The number of carbonyl (C=O) groups is 1. The molecule has 120 valence electrons. The van der Waals surface area contributed by atoms with Gasteiger partial charge >= 0.3 is 0 Å². The van der Waals surface area contributed by atoms with Gasteiger partial charge in [-0.3, -0.25) is 14.8 Å². The van der Waals surface area contributed by atoms with Crippen LogP contribution in [-0.2, 0) is 4.79 Å². The Morgan fingerprint density at radius 1 is 1.35 bits per heavy atom. The summed E-state index contributed by atoms with van der Waals surface area (Å²) in [4.78, 5) is 22.5. The van der Waals surface area contributed by atoms with Crippen molar-refractivity contribution in [3.8, 4) is 5.75 Å². The zero-order chi connectivity index (χ0) is 16.1. The molecule has 2 aromatic rings. The summed E-state index contributed by atoms with van der Waals surface area (Å²) in [5.41, 5.74) is 0.903. The first-order valence-corrected chi connectivity index (χ1v) is 7.65. The Balaban J connectivity index is 1.58. The largest absolute Gasteiger partial charge is 0.481 e. The number of ether oxygens (including phenoxy) is 1. The molecule has 6 heteroatoms. The molecule has 0 N–H and O–H groups in total. The van der Waals surface area contributed by atoms with E-state index in [-0.39, 0.29) is 24.2 Å². The van der Waals surface area contributed by atoms with Gasteiger partial charge in [0, 0.05) is 37.6 Å². The molecule has 1 amide bonds. The van der Waals surface area contributed by atoms with Crippen LogP contribution in [0.3, 0.4) is 0 Å². The van der Waals surface area contributed by atoms with E-state index in [1.165, 1.54) is 12.1 Å². The molecule has 0 radical (unpaired) electrons. The highest BCUT2D eigenvalue weighted by atomic mass is 19.1. The van der Waals surface area contributed by atoms with Crippen molar-refractivity contribution in [3.63, 3.8) is 0 Å². The molecule has 2 heterocycles. The maximum atomic E-state index is 13.5. The normalized spacial score (nSPS) is 17.8. The summed E-state index contributed by atoms with van der Waals surface area (Å²) in [5, 5.41) is 0. The second-order valence-corrected chi connectivity index (χ2v) is 5.53. The highest BCUT2D eigenvalue weighted by molar-refractivity contribution is 5.78. The smallest absolute Gasteiger partial charge is 0.260 e. The van der Waals surface area contributed by atoms with Crippen LogP contribution in [0, 0.1) is 5.82 Å². The Morgan fingerprint density at radius 3 is 3.00 bits per heavy atom. The molecule has 1 fully saturated rings. The Hall–Kier alpha value is -2.50. The van der Waals surface area contributed by atoms with E-state index in [1.54, 1.807) is 35.6 Å². The molecule has 1 saturated heterocycles. The Morgan fingerprint density at radius 2 is 2.22 bits per heavy atom. The minimum absolute atomic E-state index is 0.100. The zero-order valence-corrected chi connectivity index (χ0v) is 12.7. The van der Waals surface area contributed by atoms with Crippen LogP contribution in [0.1, 0.15) is 24.5 Å². The van der Waals surface area contributed by atoms with E-state index in [2.05, 4.69) is 9.97 Å². The number of rotatable bonds is 4. The molecule has 0 bridgehead atoms. The number of benzene rings is 1. The van der Waals surface area contributed by atoms with Crippen LogP contribution < -0.4 is 4.74 Å². The number of nitrogens with zero attached hydrogens (tertiary/aromatic N) is 3. The zero-order valence-electron chi connectivity index (χ0n) is 12.7. The van der Waals surface area contributed by atoms with Crippen molar-refractivity contribution >= 4 is 5.91 Å². The molecule has 0 aliphatic carbocycles. The lowest BCUT2D eigenvalue weighted by Crippen LogP contribution is -2.41. The number of aromatic nitrogens is 2. The molecule has 5 nitrogen and oxygen atoms in total. The van der Waals surface area contributed by atoms with Gasteiger partial charge in [-0.05, 0) is 25.0 Å². The van der Waals surface area contributed by atoms with Gasteiger partial charge in [0.15, 0.2) is 18.2 Å². The van der Waals surface area contributed by atoms with Gasteiger partial charge in [-0.2, -0.15) is 0 Å². The number of piperidine rings is 1. The van der Waals surface area contributed by atoms with Crippen molar-refractivity contribution in [1.82, 2.24) is 14.9 Å². The summed E-state index contributed by atoms with van der Waals surface area (Å²) in [7, 11) is 0. The van der Waals surface area contributed by atoms with E-state index < -0.39 is 5.82 Å². The number of likely N-dealkylation sites (tertiary alicyclic amines) is 1. The summed E-state index contributed by atoms with van der Waals surface area (Å²) in [6, 6.07) is 6.08. The van der Waals surface area contributed by atoms with Crippen LogP contribution in [0.2, 0.25) is 0 Å². The van der Waals surface area contributed by atoms with Crippen LogP contribution in [-0.4, -0.2) is 40.5 Å². The Labute approximate surface area is 134 Å². The molecule has 1 aliphatic rings. The first kappa shape index (κ1) is 15.4. The molecule has 1 atom stereocenters. The number of hydrogen-bond acceptors (Lipinski definition) is 4. The van der Waals surface area contributed by atoms with Crippen molar-refractivity contribution < 1.29 is 13.9 Å². The van der Waals surface area contributed by atoms with E-state index in [1.807, 2.05) is 0 Å². The molecular weight excluding hydrogens is 297 g/mol. The predicted molar refractivity (Wildman–Crippen MR) is 82.5 cm³/mol. The molecular formula is C17H18FN3O2. The van der Waals surface area contributed by atoms with Gasteiger partial charge in [-0.25, -0.2) is 4.39 Å². The molecule has 0 unspecified atom stereocenters. The monoisotopic (exact) mass is 315 g/mol. The average Bonchev–Trinajstić information content (AvgIpc) is 2.62. The molecule has 0 saturated carbocycles. The molecule has 1 aromatic carbocycles. The fourth-order valence-corrected chi connectivity index (χ4v) is 2.76. The minimum Gasteiger partial charge on any atom is -0.481 e. The Bertz CT molecular complexity index is 666. The van der Waals surface area contributed by atoms with Gasteiger partial charge in [-0.1, -0.05) is 12.1 Å². The standard InChI is InChI=1S/C17H18FN3O2/c18-14-5-1-2-6-16(14)23-12-17(22)21-9-3-4-13(11-21)15-10-19-7-8-20-15/h1-2,5-8,10,13H,3-4,9,11-12H2/t13-/m1/s1. The van der Waals surface area contributed by atoms with Crippen molar-refractivity contribution in [2.75, 3.05) is 19.7 Å². The number of amides is 1. The van der Waals surface area contributed by atoms with E-state index in [4.69, 9.17) is 4.74 Å². The fraction of sp³-hybridized carbons (Fsp3) is 0.353. The van der Waals surface area contributed by atoms with E-state index in [0.29, 0.717) is 13.1 Å². The van der Waals surface area contributed by atoms with Gasteiger partial charge < -0.3 is 9.64 Å². The number of hydrogen-bond donors (Lipinski definition) is 0. The van der Waals surface area contributed by atoms with Crippen LogP contribution >= 0.6 is 0 Å². The lowest BCUT2D eigenvalue weighted by Gasteiger charge is -2.32. The quantitative estimate of drug-likeness (QED) is 0.869. The van der Waals surface area contributed by atoms with Gasteiger partial charge in [0.05, 0.1) is 5.69 Å². The summed E-state index contributed by atoms with van der Waals surface area (Å²) in [6.45, 7) is 1.13. The van der Waals surface area contributed by atoms with Crippen molar-refractivity contribution in [3.05, 3.63) is 54.4 Å². The molecule has 3 rings (SSSR count). The Kier molecular flexibility index (Phi) is 4.80. The van der Waals surface area contributed by atoms with E-state index in [0.717, 1.165) is 18.5 Å². The molecule has 23 heavy (non-hydrogen) atoms. The van der Waals surface area contributed by atoms with Gasteiger partial charge in [0.1, 0.15) is 0 Å². The molecule has 0 spiro atoms. The summed E-state index contributed by atoms with van der Waals surface area (Å²) in [5.74, 6) is -0.309. The first-order valence-electron chi connectivity index (χ1n) is 7.65. The van der Waals surface area contributed by atoms with E-state index in [9.17, 15) is 9.18 Å². The van der Waals surface area contributed by atoms with Crippen LogP contribution in [0.4, 0.5) is 4.39 Å². The fourth-order valence-electron chi connectivity index (χ4n) is 2.76. The maximum Gasteiger partial charge on any atom is 0.260 e. The van der Waals surface area contributed by atoms with Crippen molar-refractivity contribution in [2.24, 2.45) is 0 Å². The predicted octanol–water partition coefficient (Wildman–Crippen LogP) is 2.40. The minimum atomic E-state index is -0.462. The van der Waals surface area contributed by atoms with Gasteiger partial charge in [0.25, 0.3) is 5.91 Å². The highest BCUT2D eigenvalue weighted by Crippen LogP contribution is 2.25. The summed E-state index contributed by atoms with van der Waals surface area (Å²) >= 11 is 0.